The molecule has 0 aromatic heterocycles. The first-order valence-corrected chi connectivity index (χ1v) is 9.60. The molecule has 0 saturated carbocycles. The third kappa shape index (κ3) is 3.11. The third-order valence-corrected chi connectivity index (χ3v) is 7.13. The van der Waals surface area contributed by atoms with Crippen molar-refractivity contribution in [2.24, 2.45) is 23.5 Å². The molecule has 2 aliphatic heterocycles. The first-order valence-electron chi connectivity index (χ1n) is 8.21. The number of thiocarbonyl (C=S) groups is 1. The van der Waals surface area contributed by atoms with Crippen LogP contribution in [0.4, 0.5) is 0 Å². The minimum absolute atomic E-state index is 0.0441. The molecule has 0 aromatic rings. The average Bonchev–Trinajstić information content (AvgIpc) is 2.85. The molecule has 4 unspecified atom stereocenters. The normalized spacial score (nSPS) is 34.4. The van der Waals surface area contributed by atoms with Gasteiger partial charge in [-0.05, 0) is 24.7 Å². The summed E-state index contributed by atoms with van der Waals surface area (Å²) in [5, 5.41) is 9.43. The number of ketones is 1. The maximum atomic E-state index is 13.1. The lowest BCUT2D eigenvalue weighted by atomic mass is 9.81. The molecule has 2 heterocycles. The summed E-state index contributed by atoms with van der Waals surface area (Å²) >= 11 is 6.54. The Bertz CT molecular complexity index is 582. The number of Topliss-reactive ketones (excluding diaryl/α,β-unsaturated/α-hetero) is 1. The second kappa shape index (κ2) is 7.09. The molecule has 1 amide bonds. The number of nitrogens with two attached hydrogens (primary N) is 1. The maximum absolute atomic E-state index is 13.1. The summed E-state index contributed by atoms with van der Waals surface area (Å²) in [6, 6.07) is -0.995. The zero-order chi connectivity index (χ0) is 18.2. The van der Waals surface area contributed by atoms with E-state index in [9.17, 15) is 19.5 Å². The van der Waals surface area contributed by atoms with Crippen LogP contribution < -0.4 is 5.73 Å². The fourth-order valence-electron chi connectivity index (χ4n) is 3.46. The van der Waals surface area contributed by atoms with Crippen LogP contribution in [0, 0.1) is 17.8 Å². The molecule has 24 heavy (non-hydrogen) atoms. The van der Waals surface area contributed by atoms with Crippen molar-refractivity contribution in [1.29, 1.82) is 0 Å². The maximum Gasteiger partial charge on any atom is 0.327 e. The molecule has 0 bridgehead atoms. The fraction of sp³-hybridized carbons (Fsp3) is 0.750. The molecule has 3 N–H and O–H groups in total. The van der Waals surface area contributed by atoms with Gasteiger partial charge in [0, 0.05) is 12.2 Å². The van der Waals surface area contributed by atoms with Crippen molar-refractivity contribution < 1.29 is 19.5 Å². The Kier molecular flexibility index (Phi) is 5.71. The Hall–Kier alpha value is -0.990. The SMILES string of the molecule is CCC(C)C(=S)C(=O)C1C(C)CCC(=O)N2[C@@H](C(=O)O)CSC12N. The van der Waals surface area contributed by atoms with Crippen molar-refractivity contribution in [3.8, 4) is 0 Å². The van der Waals surface area contributed by atoms with E-state index < -0.39 is 22.9 Å². The van der Waals surface area contributed by atoms with Gasteiger partial charge < -0.3 is 10.0 Å². The van der Waals surface area contributed by atoms with Crippen LogP contribution in [0.15, 0.2) is 0 Å². The van der Waals surface area contributed by atoms with Crippen LogP contribution in [-0.4, -0.2) is 49.3 Å². The number of carbonyl (C=O) groups excluding carboxylic acids is 2. The molecule has 6 nitrogen and oxygen atoms in total. The monoisotopic (exact) mass is 372 g/mol. The summed E-state index contributed by atoms with van der Waals surface area (Å²) in [6.45, 7) is 5.75. The van der Waals surface area contributed by atoms with E-state index in [1.54, 1.807) is 0 Å². The largest absolute Gasteiger partial charge is 0.480 e. The molecule has 0 spiro atoms. The minimum atomic E-state index is -1.34. The second-order valence-electron chi connectivity index (χ2n) is 6.71. The smallest absolute Gasteiger partial charge is 0.327 e. The van der Waals surface area contributed by atoms with E-state index in [4.69, 9.17) is 18.0 Å². The highest BCUT2D eigenvalue weighted by Gasteiger charge is 2.59. The van der Waals surface area contributed by atoms with Crippen LogP contribution in [0.1, 0.15) is 40.0 Å². The Morgan fingerprint density at radius 2 is 2.17 bits per heavy atom. The molecule has 0 radical (unpaired) electrons. The van der Waals surface area contributed by atoms with E-state index in [1.807, 2.05) is 20.8 Å². The van der Waals surface area contributed by atoms with Crippen LogP contribution in [0.2, 0.25) is 0 Å². The summed E-state index contributed by atoms with van der Waals surface area (Å²) in [6.07, 6.45) is 1.45. The molecule has 2 rings (SSSR count). The quantitative estimate of drug-likeness (QED) is 0.708. The van der Waals surface area contributed by atoms with Crippen LogP contribution in [0.5, 0.6) is 0 Å². The van der Waals surface area contributed by atoms with Crippen molar-refractivity contribution in [2.45, 2.75) is 51.1 Å². The Balaban J connectivity index is 2.46. The summed E-state index contributed by atoms with van der Waals surface area (Å²) in [4.78, 5) is 37.3. The van der Waals surface area contributed by atoms with E-state index >= 15 is 0 Å². The number of rotatable bonds is 5. The lowest BCUT2D eigenvalue weighted by Gasteiger charge is -2.41. The van der Waals surface area contributed by atoms with Gasteiger partial charge in [-0.15, -0.1) is 11.8 Å². The van der Waals surface area contributed by atoms with Crippen LogP contribution in [-0.2, 0) is 14.4 Å². The molecule has 2 aliphatic rings. The highest BCUT2D eigenvalue weighted by Crippen LogP contribution is 2.47. The fourth-order valence-corrected chi connectivity index (χ4v) is 5.36. The van der Waals surface area contributed by atoms with Gasteiger partial charge in [0.1, 0.15) is 6.04 Å². The van der Waals surface area contributed by atoms with Crippen LogP contribution >= 0.6 is 24.0 Å². The lowest BCUT2D eigenvalue weighted by Crippen LogP contribution is -2.63. The summed E-state index contributed by atoms with van der Waals surface area (Å²) < 4.78 is 0. The van der Waals surface area contributed by atoms with Gasteiger partial charge in [-0.25, -0.2) is 4.79 Å². The van der Waals surface area contributed by atoms with Gasteiger partial charge in [-0.3, -0.25) is 15.3 Å². The highest BCUT2D eigenvalue weighted by atomic mass is 32.2. The van der Waals surface area contributed by atoms with Gasteiger partial charge in [0.25, 0.3) is 0 Å². The number of aliphatic carboxylic acids is 1. The number of hydrogen-bond acceptors (Lipinski definition) is 6. The number of carboxylic acids is 1. The van der Waals surface area contributed by atoms with Gasteiger partial charge in [-0.2, -0.15) is 0 Å². The second-order valence-corrected chi connectivity index (χ2v) is 8.43. The standard InChI is InChI=1S/C16H24N2O4S2/c1-4-8(2)14(23)13(20)12-9(3)5-6-11(19)18-10(15(21)22)7-24-16(12,18)17/h8-10,12H,4-7,17H2,1-3H3,(H,21,22)/t8?,9?,10-,12?,16?/m1/s1. The number of amides is 1. The molecular formula is C16H24N2O4S2. The molecule has 2 fully saturated rings. The first kappa shape index (κ1) is 19.3. The summed E-state index contributed by atoms with van der Waals surface area (Å²) in [5.41, 5.74) is 6.52. The molecule has 5 atom stereocenters. The number of carboxylic acid groups (broad SMARTS) is 1. The predicted octanol–water partition coefficient (Wildman–Crippen LogP) is 1.66. The Labute approximate surface area is 151 Å². The zero-order valence-electron chi connectivity index (χ0n) is 14.2. The molecule has 2 saturated heterocycles. The van der Waals surface area contributed by atoms with E-state index in [1.165, 1.54) is 16.7 Å². The van der Waals surface area contributed by atoms with Crippen LogP contribution in [0.3, 0.4) is 0 Å². The predicted molar refractivity (Wildman–Crippen MR) is 96.6 cm³/mol. The topological polar surface area (TPSA) is 101 Å². The number of carbonyl (C=O) groups is 3. The minimum Gasteiger partial charge on any atom is -0.480 e. The zero-order valence-corrected chi connectivity index (χ0v) is 15.8. The molecule has 0 aromatic carbocycles. The first-order chi connectivity index (χ1) is 11.1. The van der Waals surface area contributed by atoms with E-state index in [0.717, 1.165) is 6.42 Å². The van der Waals surface area contributed by atoms with Crippen molar-refractivity contribution in [3.63, 3.8) is 0 Å². The molecule has 8 heteroatoms. The van der Waals surface area contributed by atoms with E-state index in [-0.39, 0.29) is 35.7 Å². The van der Waals surface area contributed by atoms with Gasteiger partial charge in [0.15, 0.2) is 10.8 Å². The van der Waals surface area contributed by atoms with E-state index in [2.05, 4.69) is 0 Å². The number of nitrogens with zero attached hydrogens (tertiary/aromatic N) is 1. The summed E-state index contributed by atoms with van der Waals surface area (Å²) in [7, 11) is 0. The molecule has 0 aliphatic carbocycles. The van der Waals surface area contributed by atoms with Crippen LogP contribution in [0.25, 0.3) is 0 Å². The number of hydrogen-bond donors (Lipinski definition) is 2. The van der Waals surface area contributed by atoms with Gasteiger partial charge in [-0.1, -0.05) is 33.0 Å². The van der Waals surface area contributed by atoms with Gasteiger partial charge in [0.2, 0.25) is 5.91 Å². The van der Waals surface area contributed by atoms with Crippen molar-refractivity contribution in [1.82, 2.24) is 4.90 Å². The van der Waals surface area contributed by atoms with Gasteiger partial charge >= 0.3 is 5.97 Å². The Morgan fingerprint density at radius 3 is 2.71 bits per heavy atom. The van der Waals surface area contributed by atoms with Crippen molar-refractivity contribution >= 4 is 46.5 Å². The molecular weight excluding hydrogens is 348 g/mol. The van der Waals surface area contributed by atoms with Gasteiger partial charge in [0.05, 0.1) is 10.8 Å². The van der Waals surface area contributed by atoms with Crippen molar-refractivity contribution in [3.05, 3.63) is 0 Å². The van der Waals surface area contributed by atoms with Crippen molar-refractivity contribution in [2.75, 3.05) is 5.75 Å². The third-order valence-electron chi connectivity index (χ3n) is 5.13. The lowest BCUT2D eigenvalue weighted by molar-refractivity contribution is -0.152. The number of thioether (sulfide) groups is 1. The summed E-state index contributed by atoms with van der Waals surface area (Å²) in [5.74, 6) is -2.28. The average molecular weight is 373 g/mol. The number of fused-ring (bicyclic) bond motifs is 1. The van der Waals surface area contributed by atoms with E-state index in [0.29, 0.717) is 11.3 Å². The molecule has 134 valence electrons. The Morgan fingerprint density at radius 1 is 1.54 bits per heavy atom. The highest BCUT2D eigenvalue weighted by molar-refractivity contribution is 8.01.